The minimum absolute atomic E-state index is 0.0187. The first-order valence-electron chi connectivity index (χ1n) is 5.51. The Morgan fingerprint density at radius 2 is 2.06 bits per heavy atom. The third kappa shape index (κ3) is 4.11. The molecule has 0 aliphatic rings. The smallest absolute Gasteiger partial charge is 0.251 e. The molecule has 0 saturated heterocycles. The van der Waals surface area contributed by atoms with Gasteiger partial charge in [0.15, 0.2) is 0 Å². The molecule has 94 valence electrons. The largest absolute Gasteiger partial charge is 0.347 e. The van der Waals surface area contributed by atoms with Crippen LogP contribution in [0.1, 0.15) is 36.2 Å². The second-order valence-corrected chi connectivity index (χ2v) is 6.34. The van der Waals surface area contributed by atoms with Gasteiger partial charge in [0.2, 0.25) is 0 Å². The number of rotatable bonds is 4. The number of amides is 1. The third-order valence-corrected chi connectivity index (χ3v) is 3.94. The minimum Gasteiger partial charge on any atom is -0.347 e. The quantitative estimate of drug-likeness (QED) is 0.804. The van der Waals surface area contributed by atoms with Crippen molar-refractivity contribution in [2.75, 3.05) is 5.33 Å². The van der Waals surface area contributed by atoms with E-state index in [0.29, 0.717) is 0 Å². The second-order valence-electron chi connectivity index (χ2n) is 4.69. The molecule has 0 bridgehead atoms. The van der Waals surface area contributed by atoms with Crippen LogP contribution in [0.2, 0.25) is 0 Å². The maximum absolute atomic E-state index is 12.2. The van der Waals surface area contributed by atoms with Crippen LogP contribution in [0.3, 0.4) is 0 Å². The predicted molar refractivity (Wildman–Crippen MR) is 78.8 cm³/mol. The molecule has 0 aromatic heterocycles. The Kier molecular flexibility index (Phi) is 5.20. The summed E-state index contributed by atoms with van der Waals surface area (Å²) in [6.07, 6.45) is 0.895. The van der Waals surface area contributed by atoms with Crippen LogP contribution in [0.5, 0.6) is 0 Å². The van der Waals surface area contributed by atoms with Gasteiger partial charge in [0.05, 0.1) is 0 Å². The molecule has 0 spiro atoms. The molecule has 1 rings (SSSR count). The number of carbonyl (C=O) groups excluding carboxylic acids is 1. The SMILES string of the molecule is Cc1c(Br)cccc1C(=O)NC(C)(C)CCBr. The van der Waals surface area contributed by atoms with Crippen LogP contribution < -0.4 is 5.32 Å². The van der Waals surface area contributed by atoms with Crippen molar-refractivity contribution in [2.45, 2.75) is 32.7 Å². The van der Waals surface area contributed by atoms with Gasteiger partial charge in [0, 0.05) is 20.9 Å². The first-order valence-corrected chi connectivity index (χ1v) is 7.42. The van der Waals surface area contributed by atoms with Crippen molar-refractivity contribution in [1.82, 2.24) is 5.32 Å². The van der Waals surface area contributed by atoms with Crippen LogP contribution in [-0.2, 0) is 0 Å². The monoisotopic (exact) mass is 361 g/mol. The van der Waals surface area contributed by atoms with Gasteiger partial charge in [-0.25, -0.2) is 0 Å². The van der Waals surface area contributed by atoms with Crippen LogP contribution >= 0.6 is 31.9 Å². The van der Waals surface area contributed by atoms with E-state index >= 15 is 0 Å². The van der Waals surface area contributed by atoms with Crippen molar-refractivity contribution in [3.05, 3.63) is 33.8 Å². The molecule has 17 heavy (non-hydrogen) atoms. The van der Waals surface area contributed by atoms with E-state index in [2.05, 4.69) is 37.2 Å². The molecule has 0 heterocycles. The lowest BCUT2D eigenvalue weighted by Gasteiger charge is -2.25. The van der Waals surface area contributed by atoms with Crippen molar-refractivity contribution >= 4 is 37.8 Å². The average Bonchev–Trinajstić information content (AvgIpc) is 2.21. The summed E-state index contributed by atoms with van der Waals surface area (Å²) in [5, 5.41) is 3.92. The fourth-order valence-corrected chi connectivity index (χ4v) is 2.88. The van der Waals surface area contributed by atoms with E-state index < -0.39 is 0 Å². The fourth-order valence-electron chi connectivity index (χ4n) is 1.53. The summed E-state index contributed by atoms with van der Waals surface area (Å²) in [5.74, 6) is -0.0187. The molecule has 2 nitrogen and oxygen atoms in total. The van der Waals surface area contributed by atoms with Crippen molar-refractivity contribution in [3.8, 4) is 0 Å². The zero-order chi connectivity index (χ0) is 13.1. The molecular weight excluding hydrogens is 346 g/mol. The van der Waals surface area contributed by atoms with Gasteiger partial charge in [-0.3, -0.25) is 4.79 Å². The first-order chi connectivity index (χ1) is 7.87. The Morgan fingerprint density at radius 3 is 2.65 bits per heavy atom. The second kappa shape index (κ2) is 6.01. The van der Waals surface area contributed by atoms with Gasteiger partial charge in [-0.1, -0.05) is 37.9 Å². The van der Waals surface area contributed by atoms with Crippen molar-refractivity contribution in [3.63, 3.8) is 0 Å². The lowest BCUT2D eigenvalue weighted by atomic mass is 10.0. The Bertz CT molecular complexity index is 416. The Balaban J connectivity index is 2.87. The van der Waals surface area contributed by atoms with Crippen LogP contribution in [0, 0.1) is 6.92 Å². The molecule has 0 atom stereocenters. The summed E-state index contributed by atoms with van der Waals surface area (Å²) < 4.78 is 0.962. The van der Waals surface area contributed by atoms with E-state index in [1.165, 1.54) is 0 Å². The van der Waals surface area contributed by atoms with E-state index in [4.69, 9.17) is 0 Å². The number of alkyl halides is 1. The number of hydrogen-bond donors (Lipinski definition) is 1. The number of benzene rings is 1. The number of hydrogen-bond acceptors (Lipinski definition) is 1. The van der Waals surface area contributed by atoms with Crippen LogP contribution in [0.25, 0.3) is 0 Å². The highest BCUT2D eigenvalue weighted by molar-refractivity contribution is 9.10. The Labute approximate surface area is 119 Å². The normalized spacial score (nSPS) is 11.4. The Morgan fingerprint density at radius 1 is 1.41 bits per heavy atom. The molecule has 0 saturated carbocycles. The highest BCUT2D eigenvalue weighted by atomic mass is 79.9. The van der Waals surface area contributed by atoms with Crippen molar-refractivity contribution < 1.29 is 4.79 Å². The maximum Gasteiger partial charge on any atom is 0.251 e. The zero-order valence-electron chi connectivity index (χ0n) is 10.3. The number of halogens is 2. The van der Waals surface area contributed by atoms with Crippen molar-refractivity contribution in [2.24, 2.45) is 0 Å². The highest BCUT2D eigenvalue weighted by Crippen LogP contribution is 2.20. The van der Waals surface area contributed by atoms with Crippen molar-refractivity contribution in [1.29, 1.82) is 0 Å². The first kappa shape index (κ1) is 14.7. The molecule has 1 aromatic carbocycles. The predicted octanol–water partition coefficient (Wildman–Crippen LogP) is 4.05. The summed E-state index contributed by atoms with van der Waals surface area (Å²) >= 11 is 6.84. The lowest BCUT2D eigenvalue weighted by molar-refractivity contribution is 0.0911. The minimum atomic E-state index is -0.199. The molecule has 0 aliphatic heterocycles. The molecule has 1 amide bonds. The third-order valence-electron chi connectivity index (χ3n) is 2.68. The van der Waals surface area contributed by atoms with E-state index in [0.717, 1.165) is 27.4 Å². The van der Waals surface area contributed by atoms with E-state index in [-0.39, 0.29) is 11.4 Å². The van der Waals surface area contributed by atoms with Crippen LogP contribution in [0.15, 0.2) is 22.7 Å². The summed E-state index contributed by atoms with van der Waals surface area (Å²) in [6.45, 7) is 6.00. The highest BCUT2D eigenvalue weighted by Gasteiger charge is 2.21. The fraction of sp³-hybridized carbons (Fsp3) is 0.462. The number of nitrogens with one attached hydrogen (secondary N) is 1. The average molecular weight is 363 g/mol. The molecule has 0 aliphatic carbocycles. The van der Waals surface area contributed by atoms with Gasteiger partial charge in [-0.05, 0) is 44.9 Å². The molecule has 0 unspecified atom stereocenters. The van der Waals surface area contributed by atoms with E-state index in [1.54, 1.807) is 0 Å². The molecular formula is C13H17Br2NO. The zero-order valence-corrected chi connectivity index (χ0v) is 13.5. The van der Waals surface area contributed by atoms with Gasteiger partial charge in [-0.2, -0.15) is 0 Å². The van der Waals surface area contributed by atoms with Gasteiger partial charge >= 0.3 is 0 Å². The summed E-state index contributed by atoms with van der Waals surface area (Å²) in [7, 11) is 0. The Hall–Kier alpha value is -0.350. The number of carbonyl (C=O) groups is 1. The molecule has 1 aromatic rings. The van der Waals surface area contributed by atoms with Gasteiger partial charge in [0.1, 0.15) is 0 Å². The molecule has 1 N–H and O–H groups in total. The lowest BCUT2D eigenvalue weighted by Crippen LogP contribution is -2.43. The van der Waals surface area contributed by atoms with E-state index in [9.17, 15) is 4.79 Å². The topological polar surface area (TPSA) is 29.1 Å². The molecule has 0 radical (unpaired) electrons. The van der Waals surface area contributed by atoms with E-state index in [1.807, 2.05) is 39.0 Å². The summed E-state index contributed by atoms with van der Waals surface area (Å²) in [5.41, 5.74) is 1.50. The van der Waals surface area contributed by atoms with Crippen LogP contribution in [-0.4, -0.2) is 16.8 Å². The molecule has 4 heteroatoms. The van der Waals surface area contributed by atoms with Gasteiger partial charge in [-0.15, -0.1) is 0 Å². The summed E-state index contributed by atoms with van der Waals surface area (Å²) in [4.78, 5) is 12.2. The maximum atomic E-state index is 12.2. The van der Waals surface area contributed by atoms with Crippen LogP contribution in [0.4, 0.5) is 0 Å². The van der Waals surface area contributed by atoms with Gasteiger partial charge < -0.3 is 5.32 Å². The molecule has 0 fully saturated rings. The summed E-state index contributed by atoms with van der Waals surface area (Å²) in [6, 6.07) is 5.67. The standard InChI is InChI=1S/C13H17Br2NO/c1-9-10(5-4-6-11(9)15)12(17)16-13(2,3)7-8-14/h4-6H,7-8H2,1-3H3,(H,16,17). The van der Waals surface area contributed by atoms with Gasteiger partial charge in [0.25, 0.3) is 5.91 Å².